The standard InChI is InChI=1S/C9H10O4.C8H11N/c1-9(8(12)13)4-2-3-6(5-9)7(10)11;1-2-9-8-6-4-3-5-7-8/h2-4H,5H2,1H3,(H,10,11)(H,12,13);3-7,9H,2H2,1H3. The summed E-state index contributed by atoms with van der Waals surface area (Å²) in [7, 11) is 0. The molecule has 3 N–H and O–H groups in total. The molecule has 0 spiro atoms. The van der Waals surface area contributed by atoms with Crippen LogP contribution in [-0.2, 0) is 9.59 Å². The second kappa shape index (κ2) is 8.02. The Hall–Kier alpha value is -2.56. The fraction of sp³-hybridized carbons (Fsp3) is 0.294. The minimum atomic E-state index is -1.08. The maximum absolute atomic E-state index is 10.8. The molecule has 0 aromatic heterocycles. The highest BCUT2D eigenvalue weighted by molar-refractivity contribution is 5.90. The second-order valence-corrected chi connectivity index (χ2v) is 5.15. The van der Waals surface area contributed by atoms with Crippen molar-refractivity contribution in [3.05, 3.63) is 54.1 Å². The molecule has 0 fully saturated rings. The molecule has 5 heteroatoms. The van der Waals surface area contributed by atoms with Crippen molar-refractivity contribution >= 4 is 17.6 Å². The third-order valence-corrected chi connectivity index (χ3v) is 3.24. The number of carboxylic acid groups (broad SMARTS) is 2. The number of anilines is 1. The van der Waals surface area contributed by atoms with E-state index in [2.05, 4.69) is 24.4 Å². The number of aliphatic carboxylic acids is 2. The Bertz CT molecular complexity index is 578. The molecule has 0 saturated carbocycles. The van der Waals surface area contributed by atoms with Gasteiger partial charge in [-0.05, 0) is 32.4 Å². The van der Waals surface area contributed by atoms with Crippen molar-refractivity contribution in [2.24, 2.45) is 5.41 Å². The maximum Gasteiger partial charge on any atom is 0.331 e. The van der Waals surface area contributed by atoms with Gasteiger partial charge in [0.25, 0.3) is 0 Å². The fourth-order valence-corrected chi connectivity index (χ4v) is 1.94. The van der Waals surface area contributed by atoms with E-state index >= 15 is 0 Å². The molecule has 1 aromatic rings. The van der Waals surface area contributed by atoms with Crippen LogP contribution < -0.4 is 5.32 Å². The molecular weight excluding hydrogens is 282 g/mol. The van der Waals surface area contributed by atoms with Gasteiger partial charge in [-0.25, -0.2) is 4.79 Å². The predicted octanol–water partition coefficient (Wildman–Crippen LogP) is 3.17. The zero-order valence-electron chi connectivity index (χ0n) is 12.7. The summed E-state index contributed by atoms with van der Waals surface area (Å²) in [5.74, 6) is -2.06. The van der Waals surface area contributed by atoms with Crippen LogP contribution in [0.2, 0.25) is 0 Å². The van der Waals surface area contributed by atoms with Crippen LogP contribution in [0.25, 0.3) is 0 Å². The van der Waals surface area contributed by atoms with E-state index in [0.717, 1.165) is 6.54 Å². The normalized spacial score (nSPS) is 19.5. The average Bonchev–Trinajstić information content (AvgIpc) is 2.49. The molecule has 0 amide bonds. The van der Waals surface area contributed by atoms with E-state index in [0.29, 0.717) is 0 Å². The summed E-state index contributed by atoms with van der Waals surface area (Å²) >= 11 is 0. The fourth-order valence-electron chi connectivity index (χ4n) is 1.94. The van der Waals surface area contributed by atoms with E-state index in [1.165, 1.54) is 30.8 Å². The molecule has 1 aromatic carbocycles. The zero-order chi connectivity index (χ0) is 16.6. The molecule has 2 rings (SSSR count). The van der Waals surface area contributed by atoms with E-state index in [-0.39, 0.29) is 12.0 Å². The van der Waals surface area contributed by atoms with Gasteiger partial charge in [-0.1, -0.05) is 36.4 Å². The molecule has 0 aliphatic heterocycles. The van der Waals surface area contributed by atoms with Crippen molar-refractivity contribution in [1.29, 1.82) is 0 Å². The van der Waals surface area contributed by atoms with Crippen molar-refractivity contribution in [2.75, 3.05) is 11.9 Å². The van der Waals surface area contributed by atoms with Crippen molar-refractivity contribution in [3.63, 3.8) is 0 Å². The van der Waals surface area contributed by atoms with E-state index in [9.17, 15) is 9.59 Å². The number of nitrogens with one attached hydrogen (secondary N) is 1. The molecule has 1 aliphatic rings. The third kappa shape index (κ3) is 5.09. The lowest BCUT2D eigenvalue weighted by atomic mass is 9.80. The van der Waals surface area contributed by atoms with Gasteiger partial charge in [-0.3, -0.25) is 4.79 Å². The van der Waals surface area contributed by atoms with Gasteiger partial charge < -0.3 is 15.5 Å². The summed E-state index contributed by atoms with van der Waals surface area (Å²) in [6.07, 6.45) is 4.43. The molecule has 22 heavy (non-hydrogen) atoms. The van der Waals surface area contributed by atoms with Crippen molar-refractivity contribution in [2.45, 2.75) is 20.3 Å². The van der Waals surface area contributed by atoms with E-state index < -0.39 is 17.4 Å². The topological polar surface area (TPSA) is 86.6 Å². The van der Waals surface area contributed by atoms with Gasteiger partial charge in [0.15, 0.2) is 0 Å². The largest absolute Gasteiger partial charge is 0.481 e. The lowest BCUT2D eigenvalue weighted by molar-refractivity contribution is -0.145. The molecular formula is C17H21NO4. The molecule has 118 valence electrons. The number of carboxylic acids is 2. The zero-order valence-corrected chi connectivity index (χ0v) is 12.7. The van der Waals surface area contributed by atoms with Crippen LogP contribution in [0, 0.1) is 5.41 Å². The lowest BCUT2D eigenvalue weighted by Crippen LogP contribution is -2.28. The first-order valence-corrected chi connectivity index (χ1v) is 7.03. The molecule has 1 aliphatic carbocycles. The molecule has 0 saturated heterocycles. The Morgan fingerprint density at radius 2 is 1.86 bits per heavy atom. The quantitative estimate of drug-likeness (QED) is 0.795. The minimum Gasteiger partial charge on any atom is -0.481 e. The van der Waals surface area contributed by atoms with Crippen molar-refractivity contribution in [3.8, 4) is 0 Å². The SMILES string of the molecule is CC1(C(=O)O)C=CC=C(C(=O)O)C1.CCNc1ccccc1. The third-order valence-electron chi connectivity index (χ3n) is 3.24. The monoisotopic (exact) mass is 303 g/mol. The van der Waals surface area contributed by atoms with Gasteiger partial charge in [0, 0.05) is 17.8 Å². The molecule has 5 nitrogen and oxygen atoms in total. The predicted molar refractivity (Wildman–Crippen MR) is 85.8 cm³/mol. The highest BCUT2D eigenvalue weighted by Crippen LogP contribution is 2.31. The number of hydrogen-bond acceptors (Lipinski definition) is 3. The van der Waals surface area contributed by atoms with Gasteiger partial charge in [0.05, 0.1) is 5.41 Å². The summed E-state index contributed by atoms with van der Waals surface area (Å²) in [6, 6.07) is 10.2. The highest BCUT2D eigenvalue weighted by atomic mass is 16.4. The van der Waals surface area contributed by atoms with Gasteiger partial charge in [0.2, 0.25) is 0 Å². The number of para-hydroxylation sites is 1. The highest BCUT2D eigenvalue weighted by Gasteiger charge is 2.34. The second-order valence-electron chi connectivity index (χ2n) is 5.15. The van der Waals surface area contributed by atoms with Gasteiger partial charge in [0.1, 0.15) is 0 Å². The smallest absolute Gasteiger partial charge is 0.331 e. The Kier molecular flexibility index (Phi) is 6.38. The van der Waals surface area contributed by atoms with Gasteiger partial charge >= 0.3 is 11.9 Å². The number of hydrogen-bond donors (Lipinski definition) is 3. The van der Waals surface area contributed by atoms with Crippen LogP contribution >= 0.6 is 0 Å². The average molecular weight is 303 g/mol. The van der Waals surface area contributed by atoms with Crippen molar-refractivity contribution in [1.82, 2.24) is 0 Å². The first-order chi connectivity index (χ1) is 10.4. The summed E-state index contributed by atoms with van der Waals surface area (Å²) in [5.41, 5.74) is 0.245. The Morgan fingerprint density at radius 1 is 1.23 bits per heavy atom. The van der Waals surface area contributed by atoms with Crippen LogP contribution in [0.4, 0.5) is 5.69 Å². The molecule has 0 heterocycles. The van der Waals surface area contributed by atoms with Crippen LogP contribution in [-0.4, -0.2) is 28.7 Å². The van der Waals surface area contributed by atoms with E-state index in [1.807, 2.05) is 18.2 Å². The van der Waals surface area contributed by atoms with Crippen LogP contribution in [0.15, 0.2) is 54.1 Å². The van der Waals surface area contributed by atoms with Crippen LogP contribution in [0.1, 0.15) is 20.3 Å². The molecule has 1 unspecified atom stereocenters. The number of allylic oxidation sites excluding steroid dienone is 2. The molecule has 0 bridgehead atoms. The van der Waals surface area contributed by atoms with Crippen molar-refractivity contribution < 1.29 is 19.8 Å². The Morgan fingerprint density at radius 3 is 2.36 bits per heavy atom. The summed E-state index contributed by atoms with van der Waals surface area (Å²) in [5, 5.41) is 20.7. The first kappa shape index (κ1) is 17.5. The summed E-state index contributed by atoms with van der Waals surface area (Å²) in [6.45, 7) is 4.58. The van der Waals surface area contributed by atoms with Crippen LogP contribution in [0.5, 0.6) is 0 Å². The lowest BCUT2D eigenvalue weighted by Gasteiger charge is -2.23. The van der Waals surface area contributed by atoms with Crippen LogP contribution in [0.3, 0.4) is 0 Å². The molecule has 1 atom stereocenters. The number of carbonyl (C=O) groups is 2. The Labute approximate surface area is 130 Å². The van der Waals surface area contributed by atoms with Gasteiger partial charge in [-0.15, -0.1) is 0 Å². The molecule has 0 radical (unpaired) electrons. The summed E-state index contributed by atoms with van der Waals surface area (Å²) < 4.78 is 0. The number of rotatable bonds is 4. The van der Waals surface area contributed by atoms with E-state index in [4.69, 9.17) is 10.2 Å². The summed E-state index contributed by atoms with van der Waals surface area (Å²) in [4.78, 5) is 21.3. The maximum atomic E-state index is 10.8. The Balaban J connectivity index is 0.000000235. The van der Waals surface area contributed by atoms with Gasteiger partial charge in [-0.2, -0.15) is 0 Å². The first-order valence-electron chi connectivity index (χ1n) is 7.03. The minimum absolute atomic E-state index is 0.0359. The van der Waals surface area contributed by atoms with E-state index in [1.54, 1.807) is 0 Å². The number of benzene rings is 1.